The van der Waals surface area contributed by atoms with E-state index in [-0.39, 0.29) is 5.56 Å². The third-order valence-electron chi connectivity index (χ3n) is 2.18. The van der Waals surface area contributed by atoms with Crippen molar-refractivity contribution in [2.75, 3.05) is 5.73 Å². The molecule has 0 atom stereocenters. The van der Waals surface area contributed by atoms with Crippen molar-refractivity contribution in [2.24, 2.45) is 0 Å². The first-order valence-corrected chi connectivity index (χ1v) is 6.46. The van der Waals surface area contributed by atoms with Crippen molar-refractivity contribution in [3.8, 4) is 0 Å². The minimum atomic E-state index is -0.161. The smallest absolute Gasteiger partial charge is 0.251 e. The molecule has 2 aromatic rings. The Morgan fingerprint density at radius 1 is 1.47 bits per heavy atom. The van der Waals surface area contributed by atoms with Crippen molar-refractivity contribution in [3.63, 3.8) is 0 Å². The van der Waals surface area contributed by atoms with Crippen molar-refractivity contribution >= 4 is 33.4 Å². The predicted octanol–water partition coefficient (Wildman–Crippen LogP) is 2.57. The van der Waals surface area contributed by atoms with Crippen LogP contribution in [0.1, 0.15) is 5.56 Å². The molecule has 0 fully saturated rings. The molecule has 0 aliphatic rings. The summed E-state index contributed by atoms with van der Waals surface area (Å²) >= 11 is 4.82. The number of aryl methyl sites for hydroxylation is 1. The van der Waals surface area contributed by atoms with E-state index < -0.39 is 0 Å². The zero-order valence-electron chi connectivity index (χ0n) is 9.03. The topological polar surface area (TPSA) is 71.8 Å². The highest BCUT2D eigenvalue weighted by Crippen LogP contribution is 2.33. The third kappa shape index (κ3) is 2.89. The van der Waals surface area contributed by atoms with E-state index in [0.717, 1.165) is 20.6 Å². The van der Waals surface area contributed by atoms with Gasteiger partial charge in [-0.3, -0.25) is 4.79 Å². The zero-order chi connectivity index (χ0) is 12.4. The van der Waals surface area contributed by atoms with Crippen LogP contribution in [0.4, 0.5) is 5.69 Å². The molecule has 1 aromatic carbocycles. The number of nitrogens with two attached hydrogens (primary N) is 1. The number of nitrogen functional groups attached to an aromatic ring is 1. The van der Waals surface area contributed by atoms with E-state index in [0.29, 0.717) is 5.16 Å². The summed E-state index contributed by atoms with van der Waals surface area (Å²) < 4.78 is 0.886. The number of anilines is 1. The first-order chi connectivity index (χ1) is 8.06. The van der Waals surface area contributed by atoms with E-state index >= 15 is 0 Å². The second kappa shape index (κ2) is 4.93. The van der Waals surface area contributed by atoms with Gasteiger partial charge in [0, 0.05) is 27.3 Å². The Kier molecular flexibility index (Phi) is 3.54. The number of nitrogens with one attached hydrogen (secondary N) is 1. The lowest BCUT2D eigenvalue weighted by atomic mass is 10.2. The summed E-state index contributed by atoms with van der Waals surface area (Å²) in [7, 11) is 0. The summed E-state index contributed by atoms with van der Waals surface area (Å²) in [6.45, 7) is 1.94. The summed E-state index contributed by atoms with van der Waals surface area (Å²) in [5.41, 5.74) is 7.36. The summed E-state index contributed by atoms with van der Waals surface area (Å²) in [5, 5.41) is 0.558. The van der Waals surface area contributed by atoms with Gasteiger partial charge in [-0.2, -0.15) is 0 Å². The Balaban J connectivity index is 2.36. The van der Waals surface area contributed by atoms with E-state index in [9.17, 15) is 4.79 Å². The molecule has 0 aliphatic carbocycles. The fourth-order valence-electron chi connectivity index (χ4n) is 1.26. The van der Waals surface area contributed by atoms with Crippen molar-refractivity contribution in [1.29, 1.82) is 0 Å². The van der Waals surface area contributed by atoms with Gasteiger partial charge in [0.1, 0.15) is 0 Å². The van der Waals surface area contributed by atoms with E-state index in [1.54, 1.807) is 0 Å². The minimum Gasteiger partial charge on any atom is -0.398 e. The Morgan fingerprint density at radius 2 is 2.24 bits per heavy atom. The first-order valence-electron chi connectivity index (χ1n) is 4.85. The lowest BCUT2D eigenvalue weighted by molar-refractivity contribution is 0.936. The number of hydrogen-bond acceptors (Lipinski definition) is 4. The number of rotatable bonds is 2. The van der Waals surface area contributed by atoms with E-state index in [2.05, 4.69) is 25.9 Å². The first kappa shape index (κ1) is 12.2. The summed E-state index contributed by atoms with van der Waals surface area (Å²) in [5.74, 6) is 0. The zero-order valence-corrected chi connectivity index (χ0v) is 11.4. The number of H-pyrrole nitrogens is 1. The maximum absolute atomic E-state index is 11.1. The molecular formula is C11H10BrN3OS. The Morgan fingerprint density at radius 3 is 2.94 bits per heavy atom. The lowest BCUT2D eigenvalue weighted by Crippen LogP contribution is -2.05. The van der Waals surface area contributed by atoms with E-state index in [1.807, 2.05) is 19.1 Å². The highest BCUT2D eigenvalue weighted by Gasteiger charge is 2.06. The van der Waals surface area contributed by atoms with Crippen LogP contribution < -0.4 is 11.3 Å². The van der Waals surface area contributed by atoms with Gasteiger partial charge >= 0.3 is 0 Å². The largest absolute Gasteiger partial charge is 0.398 e. The quantitative estimate of drug-likeness (QED) is 0.660. The molecule has 1 heterocycles. The average molecular weight is 312 g/mol. The second-order valence-corrected chi connectivity index (χ2v) is 5.37. The number of benzene rings is 1. The molecule has 4 nitrogen and oxygen atoms in total. The number of hydrogen-bond donors (Lipinski definition) is 2. The second-order valence-electron chi connectivity index (χ2n) is 3.48. The van der Waals surface area contributed by atoms with Gasteiger partial charge in [0.25, 0.3) is 5.56 Å². The molecule has 6 heteroatoms. The SMILES string of the molecule is Cc1cc(Sc2nccc(=O)[nH]2)c(Br)cc1N. The summed E-state index contributed by atoms with van der Waals surface area (Å²) in [6.07, 6.45) is 1.49. The van der Waals surface area contributed by atoms with E-state index in [4.69, 9.17) is 5.73 Å². The molecule has 0 unspecified atom stereocenters. The van der Waals surface area contributed by atoms with Gasteiger partial charge in [0.15, 0.2) is 5.16 Å². The molecule has 0 aliphatic heterocycles. The molecule has 0 amide bonds. The van der Waals surface area contributed by atoms with Gasteiger partial charge in [0.2, 0.25) is 0 Å². The number of aromatic amines is 1. The minimum absolute atomic E-state index is 0.161. The highest BCUT2D eigenvalue weighted by atomic mass is 79.9. The van der Waals surface area contributed by atoms with Crippen LogP contribution in [0.15, 0.2) is 43.7 Å². The Labute approximate surface area is 111 Å². The normalized spacial score (nSPS) is 10.5. The van der Waals surface area contributed by atoms with Gasteiger partial charge in [-0.25, -0.2) is 4.98 Å². The summed E-state index contributed by atoms with van der Waals surface area (Å²) in [4.78, 5) is 18.9. The number of nitrogens with zero attached hydrogens (tertiary/aromatic N) is 1. The number of halogens is 1. The fourth-order valence-corrected chi connectivity index (χ4v) is 2.73. The van der Waals surface area contributed by atoms with Gasteiger partial charge < -0.3 is 10.7 Å². The summed E-state index contributed by atoms with van der Waals surface area (Å²) in [6, 6.07) is 5.18. The molecule has 0 spiro atoms. The predicted molar refractivity (Wildman–Crippen MR) is 72.3 cm³/mol. The Bertz CT molecular complexity index is 612. The number of aromatic nitrogens is 2. The van der Waals surface area contributed by atoms with Crippen LogP contribution in [0.25, 0.3) is 0 Å². The molecule has 3 N–H and O–H groups in total. The van der Waals surface area contributed by atoms with Crippen molar-refractivity contribution in [1.82, 2.24) is 9.97 Å². The average Bonchev–Trinajstić information content (AvgIpc) is 2.26. The monoisotopic (exact) mass is 311 g/mol. The maximum Gasteiger partial charge on any atom is 0.251 e. The molecule has 2 rings (SSSR count). The molecule has 0 saturated carbocycles. The van der Waals surface area contributed by atoms with Crippen molar-refractivity contribution in [2.45, 2.75) is 17.0 Å². The van der Waals surface area contributed by atoms with Crippen molar-refractivity contribution < 1.29 is 0 Å². The Hall–Kier alpha value is -1.27. The van der Waals surface area contributed by atoms with E-state index in [1.165, 1.54) is 24.0 Å². The van der Waals surface area contributed by atoms with Gasteiger partial charge in [-0.1, -0.05) is 11.8 Å². The fraction of sp³-hybridized carbons (Fsp3) is 0.0909. The maximum atomic E-state index is 11.1. The van der Waals surface area contributed by atoms with Gasteiger partial charge in [0.05, 0.1) is 0 Å². The van der Waals surface area contributed by atoms with Crippen LogP contribution in [0.2, 0.25) is 0 Å². The molecule has 0 bridgehead atoms. The molecule has 0 radical (unpaired) electrons. The van der Waals surface area contributed by atoms with Crippen molar-refractivity contribution in [3.05, 3.63) is 44.8 Å². The van der Waals surface area contributed by atoms with Gasteiger partial charge in [-0.15, -0.1) is 0 Å². The van der Waals surface area contributed by atoms with Crippen LogP contribution in [-0.4, -0.2) is 9.97 Å². The highest BCUT2D eigenvalue weighted by molar-refractivity contribution is 9.10. The lowest BCUT2D eigenvalue weighted by Gasteiger charge is -2.07. The van der Waals surface area contributed by atoms with Gasteiger partial charge in [-0.05, 0) is 40.5 Å². The molecule has 17 heavy (non-hydrogen) atoms. The van der Waals surface area contributed by atoms with Crippen LogP contribution in [-0.2, 0) is 0 Å². The van der Waals surface area contributed by atoms with Crippen LogP contribution in [0.5, 0.6) is 0 Å². The van der Waals surface area contributed by atoms with Crippen LogP contribution >= 0.6 is 27.7 Å². The molecule has 88 valence electrons. The van der Waals surface area contributed by atoms with Crippen LogP contribution in [0, 0.1) is 6.92 Å². The standard InChI is InChI=1S/C11H10BrN3OS/c1-6-4-9(7(12)5-8(6)13)17-11-14-3-2-10(16)15-11/h2-5H,13H2,1H3,(H,14,15,16). The van der Waals surface area contributed by atoms with Crippen LogP contribution in [0.3, 0.4) is 0 Å². The molecule has 1 aromatic heterocycles. The molecule has 0 saturated heterocycles. The third-order valence-corrected chi connectivity index (χ3v) is 4.05. The molecular weight excluding hydrogens is 302 g/mol.